The summed E-state index contributed by atoms with van der Waals surface area (Å²) in [5.74, 6) is 0.164. The van der Waals surface area contributed by atoms with E-state index in [1.807, 2.05) is 0 Å². The SMILES string of the molecule is COC(=O)[C@@H](C)NC(=O)CCC1CCNCC1. The van der Waals surface area contributed by atoms with Gasteiger partial charge in [0.25, 0.3) is 0 Å². The molecule has 1 atom stereocenters. The quantitative estimate of drug-likeness (QED) is 0.687. The summed E-state index contributed by atoms with van der Waals surface area (Å²) in [6.07, 6.45) is 3.67. The van der Waals surface area contributed by atoms with Crippen LogP contribution in [0, 0.1) is 5.92 Å². The Morgan fingerprint density at radius 2 is 2.06 bits per heavy atom. The van der Waals surface area contributed by atoms with Crippen LogP contribution in [0.1, 0.15) is 32.6 Å². The van der Waals surface area contributed by atoms with Crippen LogP contribution in [0.15, 0.2) is 0 Å². The molecule has 1 aliphatic rings. The highest BCUT2D eigenvalue weighted by molar-refractivity contribution is 5.83. The van der Waals surface area contributed by atoms with Crippen LogP contribution in [0.5, 0.6) is 0 Å². The molecule has 5 heteroatoms. The first-order valence-electron chi connectivity index (χ1n) is 6.21. The van der Waals surface area contributed by atoms with Gasteiger partial charge in [-0.2, -0.15) is 0 Å². The molecule has 0 unspecified atom stereocenters. The lowest BCUT2D eigenvalue weighted by Crippen LogP contribution is -2.39. The summed E-state index contributed by atoms with van der Waals surface area (Å²) in [6, 6.07) is -0.555. The first-order valence-corrected chi connectivity index (χ1v) is 6.21. The van der Waals surface area contributed by atoms with Crippen molar-refractivity contribution < 1.29 is 14.3 Å². The highest BCUT2D eigenvalue weighted by atomic mass is 16.5. The van der Waals surface area contributed by atoms with E-state index < -0.39 is 12.0 Å². The number of amides is 1. The van der Waals surface area contributed by atoms with E-state index in [-0.39, 0.29) is 5.91 Å². The number of nitrogens with one attached hydrogen (secondary N) is 2. The number of esters is 1. The van der Waals surface area contributed by atoms with Crippen molar-refractivity contribution >= 4 is 11.9 Å². The van der Waals surface area contributed by atoms with Crippen molar-refractivity contribution in [1.29, 1.82) is 0 Å². The second-order valence-corrected chi connectivity index (χ2v) is 4.54. The maximum Gasteiger partial charge on any atom is 0.328 e. The van der Waals surface area contributed by atoms with Gasteiger partial charge in [0, 0.05) is 6.42 Å². The Hall–Kier alpha value is -1.10. The van der Waals surface area contributed by atoms with Crippen molar-refractivity contribution in [2.45, 2.75) is 38.6 Å². The summed E-state index contributed by atoms with van der Waals surface area (Å²) in [5, 5.41) is 5.94. The molecule has 2 N–H and O–H groups in total. The van der Waals surface area contributed by atoms with E-state index in [1.165, 1.54) is 7.11 Å². The Balaban J connectivity index is 2.18. The van der Waals surface area contributed by atoms with Gasteiger partial charge in [0.2, 0.25) is 5.91 Å². The number of methoxy groups -OCH3 is 1. The van der Waals surface area contributed by atoms with E-state index in [0.29, 0.717) is 12.3 Å². The average molecular weight is 242 g/mol. The zero-order valence-electron chi connectivity index (χ0n) is 10.6. The molecular formula is C12H22N2O3. The molecule has 0 spiro atoms. The third-order valence-corrected chi connectivity index (χ3v) is 3.17. The minimum Gasteiger partial charge on any atom is -0.467 e. The van der Waals surface area contributed by atoms with Gasteiger partial charge < -0.3 is 15.4 Å². The Labute approximate surface area is 102 Å². The van der Waals surface area contributed by atoms with Gasteiger partial charge in [-0.25, -0.2) is 4.79 Å². The molecule has 1 amide bonds. The maximum absolute atomic E-state index is 11.6. The molecule has 1 fully saturated rings. The summed E-state index contributed by atoms with van der Waals surface area (Å²) >= 11 is 0. The zero-order chi connectivity index (χ0) is 12.7. The Kier molecular flexibility index (Phi) is 5.97. The topological polar surface area (TPSA) is 67.4 Å². The Morgan fingerprint density at radius 3 is 2.65 bits per heavy atom. The third-order valence-electron chi connectivity index (χ3n) is 3.17. The predicted molar refractivity (Wildman–Crippen MR) is 64.4 cm³/mol. The van der Waals surface area contributed by atoms with Gasteiger partial charge in [-0.1, -0.05) is 0 Å². The lowest BCUT2D eigenvalue weighted by molar-refractivity contribution is -0.144. The fourth-order valence-corrected chi connectivity index (χ4v) is 2.05. The van der Waals surface area contributed by atoms with Gasteiger partial charge in [-0.05, 0) is 45.2 Å². The smallest absolute Gasteiger partial charge is 0.328 e. The molecule has 1 aliphatic heterocycles. The molecule has 1 saturated heterocycles. The van der Waals surface area contributed by atoms with Gasteiger partial charge in [0.15, 0.2) is 0 Å². The van der Waals surface area contributed by atoms with Crippen LogP contribution in [-0.4, -0.2) is 38.1 Å². The van der Waals surface area contributed by atoms with Crippen molar-refractivity contribution in [3.05, 3.63) is 0 Å². The zero-order valence-corrected chi connectivity index (χ0v) is 10.6. The number of ether oxygens (including phenoxy) is 1. The normalized spacial score (nSPS) is 18.5. The fraction of sp³-hybridized carbons (Fsp3) is 0.833. The van der Waals surface area contributed by atoms with Gasteiger partial charge in [0.1, 0.15) is 6.04 Å². The molecule has 0 aromatic heterocycles. The lowest BCUT2D eigenvalue weighted by Gasteiger charge is -2.22. The number of rotatable bonds is 5. The summed E-state index contributed by atoms with van der Waals surface area (Å²) in [6.45, 7) is 3.73. The van der Waals surface area contributed by atoms with Gasteiger partial charge >= 0.3 is 5.97 Å². The highest BCUT2D eigenvalue weighted by Gasteiger charge is 2.18. The van der Waals surface area contributed by atoms with E-state index in [0.717, 1.165) is 32.4 Å². The van der Waals surface area contributed by atoms with Crippen molar-refractivity contribution in [2.24, 2.45) is 5.92 Å². The fourth-order valence-electron chi connectivity index (χ4n) is 2.05. The van der Waals surface area contributed by atoms with Crippen LogP contribution in [0.4, 0.5) is 0 Å². The monoisotopic (exact) mass is 242 g/mol. The third kappa shape index (κ3) is 5.17. The van der Waals surface area contributed by atoms with Crippen LogP contribution in [0.2, 0.25) is 0 Å². The first kappa shape index (κ1) is 14.0. The van der Waals surface area contributed by atoms with Crippen LogP contribution in [0.3, 0.4) is 0 Å². The molecule has 0 aliphatic carbocycles. The van der Waals surface area contributed by atoms with Crippen molar-refractivity contribution in [1.82, 2.24) is 10.6 Å². The molecule has 0 aromatic rings. The summed E-state index contributed by atoms with van der Waals surface area (Å²) < 4.78 is 4.55. The maximum atomic E-state index is 11.6. The van der Waals surface area contributed by atoms with Gasteiger partial charge in [-0.15, -0.1) is 0 Å². The molecule has 0 aromatic carbocycles. The number of carbonyl (C=O) groups is 2. The molecule has 5 nitrogen and oxygen atoms in total. The van der Waals surface area contributed by atoms with E-state index in [1.54, 1.807) is 6.92 Å². The standard InChI is InChI=1S/C12H22N2O3/c1-9(12(16)17-2)14-11(15)4-3-10-5-7-13-8-6-10/h9-10,13H,3-8H2,1-2H3,(H,14,15)/t9-/m1/s1. The minimum atomic E-state index is -0.555. The summed E-state index contributed by atoms with van der Waals surface area (Å²) in [5.41, 5.74) is 0. The predicted octanol–water partition coefficient (Wildman–Crippen LogP) is 0.444. The van der Waals surface area contributed by atoms with Crippen LogP contribution in [-0.2, 0) is 14.3 Å². The van der Waals surface area contributed by atoms with E-state index >= 15 is 0 Å². The van der Waals surface area contributed by atoms with Gasteiger partial charge in [0.05, 0.1) is 7.11 Å². The molecule has 17 heavy (non-hydrogen) atoms. The number of carbonyl (C=O) groups excluding carboxylic acids is 2. The van der Waals surface area contributed by atoms with Crippen molar-refractivity contribution in [3.8, 4) is 0 Å². The highest BCUT2D eigenvalue weighted by Crippen LogP contribution is 2.17. The van der Waals surface area contributed by atoms with E-state index in [4.69, 9.17) is 0 Å². The van der Waals surface area contributed by atoms with Crippen LogP contribution >= 0.6 is 0 Å². The van der Waals surface area contributed by atoms with E-state index in [9.17, 15) is 9.59 Å². The molecule has 98 valence electrons. The number of piperidine rings is 1. The molecule has 0 radical (unpaired) electrons. The van der Waals surface area contributed by atoms with Crippen LogP contribution in [0.25, 0.3) is 0 Å². The van der Waals surface area contributed by atoms with Crippen molar-refractivity contribution in [3.63, 3.8) is 0 Å². The van der Waals surface area contributed by atoms with E-state index in [2.05, 4.69) is 15.4 Å². The van der Waals surface area contributed by atoms with Gasteiger partial charge in [-0.3, -0.25) is 4.79 Å². The van der Waals surface area contributed by atoms with Crippen molar-refractivity contribution in [2.75, 3.05) is 20.2 Å². The molecule has 0 bridgehead atoms. The molecule has 1 heterocycles. The second-order valence-electron chi connectivity index (χ2n) is 4.54. The molecule has 1 rings (SSSR count). The largest absolute Gasteiger partial charge is 0.467 e. The summed E-state index contributed by atoms with van der Waals surface area (Å²) in [7, 11) is 1.32. The Bertz CT molecular complexity index is 262. The number of hydrogen-bond donors (Lipinski definition) is 2. The number of hydrogen-bond acceptors (Lipinski definition) is 4. The minimum absolute atomic E-state index is 0.0681. The lowest BCUT2D eigenvalue weighted by atomic mass is 9.93. The Morgan fingerprint density at radius 1 is 1.41 bits per heavy atom. The molecule has 0 saturated carbocycles. The van der Waals surface area contributed by atoms with Crippen LogP contribution < -0.4 is 10.6 Å². The second kappa shape index (κ2) is 7.27. The summed E-state index contributed by atoms with van der Waals surface area (Å²) in [4.78, 5) is 22.7. The average Bonchev–Trinajstić information content (AvgIpc) is 2.36. The molecular weight excluding hydrogens is 220 g/mol. The first-order chi connectivity index (χ1) is 8.13.